The van der Waals surface area contributed by atoms with Crippen LogP contribution in [0.1, 0.15) is 10.4 Å². The predicted molar refractivity (Wildman–Crippen MR) is 89.4 cm³/mol. The van der Waals surface area contributed by atoms with Crippen molar-refractivity contribution in [3.8, 4) is 0 Å². The number of rotatable bonds is 0. The predicted octanol–water partition coefficient (Wildman–Crippen LogP) is 3.24. The topological polar surface area (TPSA) is 39.7 Å². The number of amidine groups is 1. The number of piperazine rings is 1. The molecule has 2 aromatic rings. The first kappa shape index (κ1) is 13.7. The summed E-state index contributed by atoms with van der Waals surface area (Å²) >= 11 is 1.71. The summed E-state index contributed by atoms with van der Waals surface area (Å²) in [6.45, 7) is 5.82. The Labute approximate surface area is 132 Å². The van der Waals surface area contributed by atoms with Crippen LogP contribution >= 0.6 is 11.3 Å². The van der Waals surface area contributed by atoms with Gasteiger partial charge in [-0.05, 0) is 25.1 Å². The summed E-state index contributed by atoms with van der Waals surface area (Å²) in [5, 5.41) is 7.86. The monoisotopic (exact) mass is 316 g/mol. The average Bonchev–Trinajstić information content (AvgIpc) is 2.81. The van der Waals surface area contributed by atoms with Gasteiger partial charge in [-0.1, -0.05) is 0 Å². The van der Waals surface area contributed by atoms with E-state index in [1.54, 1.807) is 17.4 Å². The third-order valence-electron chi connectivity index (χ3n) is 3.95. The van der Waals surface area contributed by atoms with E-state index in [0.29, 0.717) is 5.69 Å². The molecule has 1 aromatic heterocycles. The Hall–Kier alpha value is -1.92. The number of benzene rings is 1. The van der Waals surface area contributed by atoms with E-state index in [9.17, 15) is 4.39 Å². The Morgan fingerprint density at radius 3 is 2.86 bits per heavy atom. The smallest absolute Gasteiger partial charge is 0.139 e. The number of hydrogen-bond donors (Lipinski definition) is 2. The van der Waals surface area contributed by atoms with Crippen LogP contribution in [0.3, 0.4) is 0 Å². The fraction of sp³-hybridized carbons (Fsp3) is 0.312. The highest BCUT2D eigenvalue weighted by Crippen LogP contribution is 2.39. The largest absolute Gasteiger partial charge is 0.353 e. The first-order valence-electron chi connectivity index (χ1n) is 7.42. The zero-order chi connectivity index (χ0) is 15.1. The lowest BCUT2D eigenvalue weighted by molar-refractivity contribution is 0.358. The second kappa shape index (κ2) is 5.37. The normalized spacial score (nSPS) is 17.2. The van der Waals surface area contributed by atoms with E-state index in [0.717, 1.165) is 48.3 Å². The van der Waals surface area contributed by atoms with Crippen molar-refractivity contribution in [2.24, 2.45) is 4.99 Å². The van der Waals surface area contributed by atoms with Gasteiger partial charge in [0.1, 0.15) is 16.7 Å². The summed E-state index contributed by atoms with van der Waals surface area (Å²) in [4.78, 5) is 8.32. The maximum Gasteiger partial charge on any atom is 0.139 e. The van der Waals surface area contributed by atoms with E-state index < -0.39 is 0 Å². The quantitative estimate of drug-likeness (QED) is 0.784. The summed E-state index contributed by atoms with van der Waals surface area (Å²) < 4.78 is 13.6. The maximum absolute atomic E-state index is 13.6. The van der Waals surface area contributed by atoms with Crippen LogP contribution in [0.25, 0.3) is 0 Å². The molecule has 4 nitrogen and oxygen atoms in total. The lowest BCUT2D eigenvalue weighted by Gasteiger charge is -2.30. The number of fused-ring (bicyclic) bond motifs is 2. The summed E-state index contributed by atoms with van der Waals surface area (Å²) in [7, 11) is 0. The van der Waals surface area contributed by atoms with Crippen LogP contribution < -0.4 is 10.6 Å². The standard InChI is InChI=1S/C16H17FN4S/c1-10-8-12-15(21-6-4-18-5-7-21)19-14-9-11(17)2-3-13(14)20-16(12)22-10/h2-3,8-9,18,20H,4-7H2,1H3. The molecule has 0 spiro atoms. The van der Waals surface area contributed by atoms with Crippen molar-refractivity contribution in [3.63, 3.8) is 0 Å². The molecule has 4 rings (SSSR count). The van der Waals surface area contributed by atoms with Crippen LogP contribution in [0.4, 0.5) is 20.8 Å². The van der Waals surface area contributed by atoms with Crippen LogP contribution in [-0.4, -0.2) is 36.9 Å². The van der Waals surface area contributed by atoms with Crippen LogP contribution in [0, 0.1) is 12.7 Å². The van der Waals surface area contributed by atoms with E-state index in [1.807, 2.05) is 0 Å². The van der Waals surface area contributed by atoms with E-state index in [-0.39, 0.29) is 5.82 Å². The lowest BCUT2D eigenvalue weighted by Crippen LogP contribution is -2.46. The van der Waals surface area contributed by atoms with Gasteiger partial charge in [0.05, 0.1) is 16.9 Å². The van der Waals surface area contributed by atoms with Crippen molar-refractivity contribution in [1.82, 2.24) is 10.2 Å². The van der Waals surface area contributed by atoms with E-state index in [4.69, 9.17) is 4.99 Å². The molecule has 0 amide bonds. The van der Waals surface area contributed by atoms with Crippen molar-refractivity contribution in [2.75, 3.05) is 31.5 Å². The molecule has 2 N–H and O–H groups in total. The lowest BCUT2D eigenvalue weighted by atomic mass is 10.2. The molecular formula is C16H17FN4S. The van der Waals surface area contributed by atoms with Gasteiger partial charge in [0.15, 0.2) is 0 Å². The minimum atomic E-state index is -0.259. The molecule has 1 fully saturated rings. The number of nitrogens with one attached hydrogen (secondary N) is 2. The molecule has 6 heteroatoms. The molecule has 1 saturated heterocycles. The summed E-state index contributed by atoms with van der Waals surface area (Å²) in [6, 6.07) is 6.88. The first-order valence-corrected chi connectivity index (χ1v) is 8.24. The molecule has 0 atom stereocenters. The Kier molecular flexibility index (Phi) is 3.35. The van der Waals surface area contributed by atoms with E-state index in [1.165, 1.54) is 17.0 Å². The minimum Gasteiger partial charge on any atom is -0.353 e. The van der Waals surface area contributed by atoms with Crippen molar-refractivity contribution in [3.05, 3.63) is 40.5 Å². The van der Waals surface area contributed by atoms with Crippen molar-refractivity contribution in [2.45, 2.75) is 6.92 Å². The molecule has 22 heavy (non-hydrogen) atoms. The molecule has 1 aromatic carbocycles. The Bertz CT molecular complexity index is 747. The Morgan fingerprint density at radius 1 is 1.23 bits per heavy atom. The van der Waals surface area contributed by atoms with Gasteiger partial charge in [-0.2, -0.15) is 0 Å². The van der Waals surface area contributed by atoms with Crippen molar-refractivity contribution < 1.29 is 4.39 Å². The van der Waals surface area contributed by atoms with Gasteiger partial charge in [0, 0.05) is 37.1 Å². The number of aliphatic imine (C=N–C) groups is 1. The second-order valence-corrected chi connectivity index (χ2v) is 6.82. The number of halogens is 1. The van der Waals surface area contributed by atoms with Crippen LogP contribution in [0.2, 0.25) is 0 Å². The molecular weight excluding hydrogens is 299 g/mol. The number of hydrogen-bond acceptors (Lipinski definition) is 5. The third-order valence-corrected chi connectivity index (χ3v) is 4.91. The van der Waals surface area contributed by atoms with Gasteiger partial charge in [0.25, 0.3) is 0 Å². The molecule has 2 aliphatic rings. The number of anilines is 2. The fourth-order valence-electron chi connectivity index (χ4n) is 2.89. The number of thiophene rings is 1. The molecule has 0 bridgehead atoms. The highest BCUT2D eigenvalue weighted by molar-refractivity contribution is 7.16. The summed E-state index contributed by atoms with van der Waals surface area (Å²) in [5.74, 6) is 0.683. The number of nitrogens with zero attached hydrogens (tertiary/aromatic N) is 2. The molecule has 114 valence electrons. The van der Waals surface area contributed by atoms with Crippen LogP contribution in [0.15, 0.2) is 29.3 Å². The molecule has 0 radical (unpaired) electrons. The first-order chi connectivity index (χ1) is 10.7. The Balaban J connectivity index is 1.87. The molecule has 0 unspecified atom stereocenters. The zero-order valence-electron chi connectivity index (χ0n) is 12.3. The summed E-state index contributed by atoms with van der Waals surface area (Å²) in [5.41, 5.74) is 2.63. The third kappa shape index (κ3) is 2.38. The zero-order valence-corrected chi connectivity index (χ0v) is 13.1. The molecule has 0 saturated carbocycles. The number of aryl methyl sites for hydroxylation is 1. The van der Waals surface area contributed by atoms with E-state index >= 15 is 0 Å². The minimum absolute atomic E-state index is 0.259. The second-order valence-electron chi connectivity index (χ2n) is 5.56. The molecule has 0 aliphatic carbocycles. The van der Waals surface area contributed by atoms with Gasteiger partial charge in [0.2, 0.25) is 0 Å². The van der Waals surface area contributed by atoms with Gasteiger partial charge >= 0.3 is 0 Å². The summed E-state index contributed by atoms with van der Waals surface area (Å²) in [6.07, 6.45) is 0. The average molecular weight is 316 g/mol. The highest BCUT2D eigenvalue weighted by atomic mass is 32.1. The van der Waals surface area contributed by atoms with Crippen LogP contribution in [0.5, 0.6) is 0 Å². The fourth-order valence-corrected chi connectivity index (χ4v) is 3.81. The molecule has 3 heterocycles. The van der Waals surface area contributed by atoms with Crippen LogP contribution in [-0.2, 0) is 0 Å². The van der Waals surface area contributed by atoms with E-state index in [2.05, 4.69) is 28.5 Å². The molecule has 2 aliphatic heterocycles. The maximum atomic E-state index is 13.6. The SMILES string of the molecule is Cc1cc2c(s1)Nc1ccc(F)cc1N=C2N1CCNCC1. The highest BCUT2D eigenvalue weighted by Gasteiger charge is 2.24. The van der Waals surface area contributed by atoms with Crippen molar-refractivity contribution in [1.29, 1.82) is 0 Å². The van der Waals surface area contributed by atoms with Gasteiger partial charge in [-0.3, -0.25) is 0 Å². The van der Waals surface area contributed by atoms with Gasteiger partial charge in [-0.15, -0.1) is 11.3 Å². The van der Waals surface area contributed by atoms with Crippen molar-refractivity contribution >= 4 is 33.5 Å². The van der Waals surface area contributed by atoms with Gasteiger partial charge < -0.3 is 15.5 Å². The Morgan fingerprint density at radius 2 is 2.05 bits per heavy atom. The van der Waals surface area contributed by atoms with Gasteiger partial charge in [-0.25, -0.2) is 9.38 Å².